The lowest BCUT2D eigenvalue weighted by Crippen LogP contribution is -1.96. The largest absolute Gasteiger partial charge is 0.457 e. The molecule has 0 N–H and O–H groups in total. The number of halogens is 1. The average molecular weight is 258 g/mol. The van der Waals surface area contributed by atoms with Gasteiger partial charge in [-0.05, 0) is 24.3 Å². The standard InChI is InChI=1S/C15H11FO3/c1-2-10-6-7-12(18-10)14(17)13-8-9-4-3-5-11(16)15(9)19-13/h3-8H,2H2,1H3. The van der Waals surface area contributed by atoms with E-state index in [1.165, 1.54) is 12.1 Å². The van der Waals surface area contributed by atoms with Gasteiger partial charge >= 0.3 is 0 Å². The maximum atomic E-state index is 13.5. The summed E-state index contributed by atoms with van der Waals surface area (Å²) >= 11 is 0. The van der Waals surface area contributed by atoms with E-state index in [2.05, 4.69) is 0 Å². The first-order chi connectivity index (χ1) is 9.19. The van der Waals surface area contributed by atoms with Gasteiger partial charge < -0.3 is 8.83 Å². The molecule has 0 fully saturated rings. The van der Waals surface area contributed by atoms with Crippen molar-refractivity contribution in [3.63, 3.8) is 0 Å². The molecule has 0 saturated carbocycles. The molecule has 96 valence electrons. The van der Waals surface area contributed by atoms with Crippen molar-refractivity contribution in [2.24, 2.45) is 0 Å². The van der Waals surface area contributed by atoms with E-state index < -0.39 is 5.82 Å². The molecule has 0 spiro atoms. The summed E-state index contributed by atoms with van der Waals surface area (Å²) in [4.78, 5) is 12.1. The van der Waals surface area contributed by atoms with Gasteiger partial charge in [0, 0.05) is 11.8 Å². The van der Waals surface area contributed by atoms with Crippen molar-refractivity contribution in [2.45, 2.75) is 13.3 Å². The van der Waals surface area contributed by atoms with Crippen LogP contribution in [0.4, 0.5) is 4.39 Å². The Morgan fingerprint density at radius 2 is 2.00 bits per heavy atom. The smallest absolute Gasteiger partial charge is 0.263 e. The van der Waals surface area contributed by atoms with Gasteiger partial charge in [0.25, 0.3) is 5.78 Å². The van der Waals surface area contributed by atoms with Gasteiger partial charge in [-0.3, -0.25) is 4.79 Å². The molecule has 2 aromatic heterocycles. The van der Waals surface area contributed by atoms with Crippen LogP contribution in [-0.4, -0.2) is 5.78 Å². The van der Waals surface area contributed by atoms with Gasteiger partial charge in [-0.25, -0.2) is 4.39 Å². The second-order valence-corrected chi connectivity index (χ2v) is 4.22. The molecule has 19 heavy (non-hydrogen) atoms. The molecule has 2 heterocycles. The molecule has 0 unspecified atom stereocenters. The Balaban J connectivity index is 2.04. The van der Waals surface area contributed by atoms with E-state index in [1.54, 1.807) is 24.3 Å². The Bertz CT molecular complexity index is 752. The fourth-order valence-electron chi connectivity index (χ4n) is 1.95. The lowest BCUT2D eigenvalue weighted by Gasteiger charge is -1.92. The fourth-order valence-corrected chi connectivity index (χ4v) is 1.95. The minimum absolute atomic E-state index is 0.0807. The molecule has 0 radical (unpaired) electrons. The van der Waals surface area contributed by atoms with Crippen LogP contribution >= 0.6 is 0 Å². The molecule has 0 bridgehead atoms. The lowest BCUT2D eigenvalue weighted by molar-refractivity contribution is 0.0983. The van der Waals surface area contributed by atoms with Gasteiger partial charge in [0.1, 0.15) is 5.76 Å². The number of fused-ring (bicyclic) bond motifs is 1. The molecular weight excluding hydrogens is 247 g/mol. The third-order valence-corrected chi connectivity index (χ3v) is 2.95. The molecule has 0 aliphatic heterocycles. The number of para-hydroxylation sites is 1. The lowest BCUT2D eigenvalue weighted by atomic mass is 10.2. The highest BCUT2D eigenvalue weighted by Gasteiger charge is 2.19. The maximum Gasteiger partial charge on any atom is 0.263 e. The van der Waals surface area contributed by atoms with Crippen LogP contribution in [0.1, 0.15) is 29.0 Å². The molecule has 4 heteroatoms. The number of ketones is 1. The van der Waals surface area contributed by atoms with Crippen LogP contribution in [-0.2, 0) is 6.42 Å². The molecular formula is C15H11FO3. The Kier molecular flexibility index (Phi) is 2.71. The topological polar surface area (TPSA) is 43.4 Å². The van der Waals surface area contributed by atoms with Crippen molar-refractivity contribution in [1.29, 1.82) is 0 Å². The van der Waals surface area contributed by atoms with Gasteiger partial charge in [-0.2, -0.15) is 0 Å². The molecule has 3 aromatic rings. The first-order valence-electron chi connectivity index (χ1n) is 6.00. The summed E-state index contributed by atoms with van der Waals surface area (Å²) in [5, 5.41) is 0.561. The predicted octanol–water partition coefficient (Wildman–Crippen LogP) is 3.96. The van der Waals surface area contributed by atoms with E-state index in [0.29, 0.717) is 11.8 Å². The van der Waals surface area contributed by atoms with Gasteiger partial charge in [-0.1, -0.05) is 19.1 Å². The van der Waals surface area contributed by atoms with Gasteiger partial charge in [0.05, 0.1) is 0 Å². The zero-order chi connectivity index (χ0) is 13.4. The fraction of sp³-hybridized carbons (Fsp3) is 0.133. The summed E-state index contributed by atoms with van der Waals surface area (Å²) in [5.74, 6) is 0.152. The van der Waals surface area contributed by atoms with Gasteiger partial charge in [0.2, 0.25) is 0 Å². The number of aryl methyl sites for hydroxylation is 1. The zero-order valence-electron chi connectivity index (χ0n) is 10.3. The highest BCUT2D eigenvalue weighted by atomic mass is 19.1. The Labute approximate surface area is 108 Å². The van der Waals surface area contributed by atoms with Crippen LogP contribution in [0.3, 0.4) is 0 Å². The first-order valence-corrected chi connectivity index (χ1v) is 6.00. The predicted molar refractivity (Wildman–Crippen MR) is 67.7 cm³/mol. The number of carbonyl (C=O) groups excluding carboxylic acids is 1. The van der Waals surface area contributed by atoms with Gasteiger partial charge in [0.15, 0.2) is 22.9 Å². The first kappa shape index (κ1) is 11.7. The van der Waals surface area contributed by atoms with Crippen LogP contribution < -0.4 is 0 Å². The van der Waals surface area contributed by atoms with E-state index >= 15 is 0 Å². The monoisotopic (exact) mass is 258 g/mol. The molecule has 3 nitrogen and oxygen atoms in total. The van der Waals surface area contributed by atoms with Crippen molar-refractivity contribution < 1.29 is 18.0 Å². The minimum Gasteiger partial charge on any atom is -0.457 e. The minimum atomic E-state index is -0.481. The van der Waals surface area contributed by atoms with Crippen LogP contribution in [0.2, 0.25) is 0 Å². The molecule has 0 amide bonds. The summed E-state index contributed by atoms with van der Waals surface area (Å²) in [7, 11) is 0. The van der Waals surface area contributed by atoms with Crippen molar-refractivity contribution in [3.05, 3.63) is 59.5 Å². The summed E-state index contributed by atoms with van der Waals surface area (Å²) < 4.78 is 24.1. The summed E-state index contributed by atoms with van der Waals surface area (Å²) in [6.45, 7) is 1.93. The van der Waals surface area contributed by atoms with Crippen molar-refractivity contribution >= 4 is 16.8 Å². The zero-order valence-corrected chi connectivity index (χ0v) is 10.3. The third kappa shape index (κ3) is 1.95. The average Bonchev–Trinajstić information content (AvgIpc) is 3.05. The highest BCUT2D eigenvalue weighted by molar-refractivity contribution is 6.07. The number of furan rings is 2. The van der Waals surface area contributed by atoms with E-state index in [9.17, 15) is 9.18 Å². The molecule has 0 aliphatic rings. The molecule has 0 atom stereocenters. The van der Waals surface area contributed by atoms with E-state index in [0.717, 1.165) is 5.76 Å². The summed E-state index contributed by atoms with van der Waals surface area (Å²) in [5.41, 5.74) is 0.0909. The normalized spacial score (nSPS) is 11.1. The second-order valence-electron chi connectivity index (χ2n) is 4.22. The van der Waals surface area contributed by atoms with Crippen molar-refractivity contribution in [3.8, 4) is 0 Å². The SMILES string of the molecule is CCc1ccc(C(=O)c2cc3cccc(F)c3o2)o1. The van der Waals surface area contributed by atoms with Crippen LogP contribution in [0.5, 0.6) is 0 Å². The Hall–Kier alpha value is -2.36. The number of benzene rings is 1. The third-order valence-electron chi connectivity index (χ3n) is 2.95. The van der Waals surface area contributed by atoms with Gasteiger partial charge in [-0.15, -0.1) is 0 Å². The molecule has 0 saturated heterocycles. The number of rotatable bonds is 3. The van der Waals surface area contributed by atoms with E-state index in [4.69, 9.17) is 8.83 Å². The Morgan fingerprint density at radius 1 is 1.16 bits per heavy atom. The van der Waals surface area contributed by atoms with Crippen LogP contribution in [0, 0.1) is 5.82 Å². The summed E-state index contributed by atoms with van der Waals surface area (Å²) in [6, 6.07) is 9.43. The quantitative estimate of drug-likeness (QED) is 0.668. The maximum absolute atomic E-state index is 13.5. The molecule has 1 aromatic carbocycles. The van der Waals surface area contributed by atoms with Crippen LogP contribution in [0.25, 0.3) is 11.0 Å². The number of carbonyl (C=O) groups is 1. The van der Waals surface area contributed by atoms with E-state index in [-0.39, 0.29) is 22.9 Å². The molecule has 3 rings (SSSR count). The van der Waals surface area contributed by atoms with Crippen LogP contribution in [0.15, 0.2) is 45.2 Å². The second kappa shape index (κ2) is 4.39. The Morgan fingerprint density at radius 3 is 2.68 bits per heavy atom. The van der Waals surface area contributed by atoms with E-state index in [1.807, 2.05) is 6.92 Å². The number of hydrogen-bond acceptors (Lipinski definition) is 3. The number of hydrogen-bond donors (Lipinski definition) is 0. The summed E-state index contributed by atoms with van der Waals surface area (Å²) in [6.07, 6.45) is 0.710. The molecule has 0 aliphatic carbocycles. The highest BCUT2D eigenvalue weighted by Crippen LogP contribution is 2.24. The van der Waals surface area contributed by atoms with Crippen molar-refractivity contribution in [1.82, 2.24) is 0 Å². The van der Waals surface area contributed by atoms with Crippen molar-refractivity contribution in [2.75, 3.05) is 0 Å².